The quantitative estimate of drug-likeness (QED) is 0.493. The lowest BCUT2D eigenvalue weighted by atomic mass is 9.86. The van der Waals surface area contributed by atoms with Crippen molar-refractivity contribution < 1.29 is 4.79 Å². The molecule has 1 aromatic heterocycles. The van der Waals surface area contributed by atoms with E-state index in [1.165, 1.54) is 12.6 Å². The van der Waals surface area contributed by atoms with Gasteiger partial charge in [0.25, 0.3) is 5.91 Å². The Bertz CT molecular complexity index is 572. The van der Waals surface area contributed by atoms with E-state index in [4.69, 9.17) is 22.2 Å². The molecule has 0 spiro atoms. The number of rotatable bonds is 4. The molecule has 2 atom stereocenters. The van der Waals surface area contributed by atoms with E-state index in [9.17, 15) is 4.79 Å². The van der Waals surface area contributed by atoms with Crippen LogP contribution >= 0.6 is 0 Å². The minimum atomic E-state index is -0.590. The van der Waals surface area contributed by atoms with Gasteiger partial charge in [-0.3, -0.25) is 9.79 Å². The number of amides is 1. The van der Waals surface area contributed by atoms with Crippen molar-refractivity contribution in [2.75, 3.05) is 5.73 Å². The Morgan fingerprint density at radius 3 is 2.62 bits per heavy atom. The van der Waals surface area contributed by atoms with Gasteiger partial charge < -0.3 is 22.2 Å². The number of aromatic amines is 1. The van der Waals surface area contributed by atoms with Gasteiger partial charge >= 0.3 is 0 Å². The standard InChI is InChI=1S/C15H23N5O/c1-9-4-2-3-5-11(9)20-14(10(8-16)15(18)21)12-6-7-13(17)19-12/h6-9,11,19H,2-5,16-17H2,1H3,(H2,18,21). The lowest BCUT2D eigenvalue weighted by molar-refractivity contribution is -0.114. The smallest absolute Gasteiger partial charge is 0.252 e. The summed E-state index contributed by atoms with van der Waals surface area (Å²) in [6.07, 6.45) is 5.75. The first-order chi connectivity index (χ1) is 10.0. The fourth-order valence-electron chi connectivity index (χ4n) is 2.77. The topological polar surface area (TPSA) is 123 Å². The number of carbonyl (C=O) groups excluding carboxylic acids is 1. The molecule has 0 aromatic carbocycles. The van der Waals surface area contributed by atoms with E-state index in [0.717, 1.165) is 19.3 Å². The van der Waals surface area contributed by atoms with Gasteiger partial charge in [0.2, 0.25) is 0 Å². The summed E-state index contributed by atoms with van der Waals surface area (Å²) < 4.78 is 0. The summed E-state index contributed by atoms with van der Waals surface area (Å²) in [5, 5.41) is 0. The zero-order chi connectivity index (χ0) is 15.4. The highest BCUT2D eigenvalue weighted by Crippen LogP contribution is 2.27. The van der Waals surface area contributed by atoms with Gasteiger partial charge in [-0.2, -0.15) is 0 Å². The molecule has 1 aromatic rings. The van der Waals surface area contributed by atoms with Gasteiger partial charge in [0.1, 0.15) is 5.82 Å². The predicted octanol–water partition coefficient (Wildman–Crippen LogP) is 1.29. The number of aliphatic imine (C=N–C) groups is 1. The molecule has 0 aliphatic heterocycles. The van der Waals surface area contributed by atoms with E-state index in [0.29, 0.717) is 23.1 Å². The Morgan fingerprint density at radius 1 is 1.38 bits per heavy atom. The number of hydrogen-bond donors (Lipinski definition) is 4. The van der Waals surface area contributed by atoms with Crippen LogP contribution in [-0.2, 0) is 4.79 Å². The van der Waals surface area contributed by atoms with Gasteiger partial charge in [-0.25, -0.2) is 0 Å². The van der Waals surface area contributed by atoms with Crippen molar-refractivity contribution >= 4 is 17.4 Å². The van der Waals surface area contributed by atoms with Crippen molar-refractivity contribution in [1.29, 1.82) is 0 Å². The monoisotopic (exact) mass is 289 g/mol. The zero-order valence-electron chi connectivity index (χ0n) is 12.3. The number of nitrogens with one attached hydrogen (secondary N) is 1. The van der Waals surface area contributed by atoms with Crippen molar-refractivity contribution in [3.05, 3.63) is 29.6 Å². The summed E-state index contributed by atoms with van der Waals surface area (Å²) in [6, 6.07) is 3.69. The van der Waals surface area contributed by atoms with Crippen LogP contribution in [0.1, 0.15) is 38.3 Å². The summed E-state index contributed by atoms with van der Waals surface area (Å²) in [5.74, 6) is 0.399. The van der Waals surface area contributed by atoms with Crippen molar-refractivity contribution in [3.63, 3.8) is 0 Å². The molecule has 6 nitrogen and oxygen atoms in total. The van der Waals surface area contributed by atoms with Gasteiger partial charge in [-0.1, -0.05) is 19.8 Å². The van der Waals surface area contributed by atoms with Crippen LogP contribution in [0.4, 0.5) is 5.82 Å². The minimum absolute atomic E-state index is 0.174. The minimum Gasteiger partial charge on any atom is -0.404 e. The van der Waals surface area contributed by atoms with E-state index in [1.54, 1.807) is 12.1 Å². The van der Waals surface area contributed by atoms with Crippen LogP contribution in [0.15, 0.2) is 28.9 Å². The average Bonchev–Trinajstić information content (AvgIpc) is 2.87. The zero-order valence-corrected chi connectivity index (χ0v) is 12.3. The molecule has 1 heterocycles. The molecule has 2 rings (SSSR count). The van der Waals surface area contributed by atoms with Gasteiger partial charge in [-0.05, 0) is 30.9 Å². The number of carbonyl (C=O) groups is 1. The van der Waals surface area contributed by atoms with Gasteiger partial charge in [0, 0.05) is 6.20 Å². The summed E-state index contributed by atoms with van der Waals surface area (Å²) >= 11 is 0. The molecule has 1 aliphatic carbocycles. The molecule has 1 saturated carbocycles. The first kappa shape index (κ1) is 15.2. The normalized spacial score (nSPS) is 24.0. The molecule has 1 amide bonds. The van der Waals surface area contributed by atoms with Crippen LogP contribution < -0.4 is 17.2 Å². The second-order valence-corrected chi connectivity index (χ2v) is 5.58. The summed E-state index contributed by atoms with van der Waals surface area (Å²) in [7, 11) is 0. The summed E-state index contributed by atoms with van der Waals surface area (Å²) in [4.78, 5) is 19.4. The Balaban J connectivity index is 2.42. The molecule has 21 heavy (non-hydrogen) atoms. The fourth-order valence-corrected chi connectivity index (χ4v) is 2.77. The third-order valence-corrected chi connectivity index (χ3v) is 4.01. The van der Waals surface area contributed by atoms with Gasteiger partial charge in [0.15, 0.2) is 0 Å². The second-order valence-electron chi connectivity index (χ2n) is 5.58. The number of primary amides is 1. The highest BCUT2D eigenvalue weighted by Gasteiger charge is 2.24. The van der Waals surface area contributed by atoms with E-state index in [-0.39, 0.29) is 11.6 Å². The number of nitrogen functional groups attached to an aromatic ring is 1. The molecule has 1 fully saturated rings. The highest BCUT2D eigenvalue weighted by atomic mass is 16.1. The maximum atomic E-state index is 11.6. The molecule has 0 saturated heterocycles. The van der Waals surface area contributed by atoms with E-state index in [1.807, 2.05) is 0 Å². The Morgan fingerprint density at radius 2 is 2.10 bits per heavy atom. The Kier molecular flexibility index (Phi) is 4.67. The molecular formula is C15H23N5O. The van der Waals surface area contributed by atoms with Gasteiger partial charge in [0.05, 0.1) is 23.0 Å². The SMILES string of the molecule is CC1CCCCC1N=C(C(=CN)C(N)=O)c1ccc(N)[nH]1. The molecule has 7 N–H and O–H groups in total. The lowest BCUT2D eigenvalue weighted by Crippen LogP contribution is -2.27. The first-order valence-electron chi connectivity index (χ1n) is 7.27. The molecule has 0 radical (unpaired) electrons. The number of aromatic nitrogens is 1. The molecule has 0 bridgehead atoms. The van der Waals surface area contributed by atoms with Crippen molar-refractivity contribution in [1.82, 2.24) is 4.98 Å². The number of anilines is 1. The van der Waals surface area contributed by atoms with Crippen molar-refractivity contribution in [2.24, 2.45) is 22.4 Å². The Labute approximate surface area is 124 Å². The predicted molar refractivity (Wildman–Crippen MR) is 84.6 cm³/mol. The number of H-pyrrole nitrogens is 1. The third kappa shape index (κ3) is 3.45. The fraction of sp³-hybridized carbons (Fsp3) is 0.467. The lowest BCUT2D eigenvalue weighted by Gasteiger charge is -2.26. The molecule has 2 unspecified atom stereocenters. The van der Waals surface area contributed by atoms with E-state index in [2.05, 4.69) is 11.9 Å². The van der Waals surface area contributed by atoms with E-state index < -0.39 is 5.91 Å². The molecule has 114 valence electrons. The van der Waals surface area contributed by atoms with E-state index >= 15 is 0 Å². The molecule has 1 aliphatic rings. The van der Waals surface area contributed by atoms with Crippen LogP contribution in [0, 0.1) is 5.92 Å². The van der Waals surface area contributed by atoms with Crippen LogP contribution in [0.5, 0.6) is 0 Å². The van der Waals surface area contributed by atoms with Gasteiger partial charge in [-0.15, -0.1) is 0 Å². The highest BCUT2D eigenvalue weighted by molar-refractivity contribution is 6.27. The summed E-state index contributed by atoms with van der Waals surface area (Å²) in [6.45, 7) is 2.18. The van der Waals surface area contributed by atoms with Crippen LogP contribution in [0.25, 0.3) is 0 Å². The number of hydrogen-bond acceptors (Lipinski definition) is 4. The first-order valence-corrected chi connectivity index (χ1v) is 7.27. The van der Waals surface area contributed by atoms with Crippen LogP contribution in [-0.4, -0.2) is 22.6 Å². The maximum absolute atomic E-state index is 11.6. The number of nitrogens with two attached hydrogens (primary N) is 3. The molecule has 6 heteroatoms. The Hall–Kier alpha value is -2.24. The van der Waals surface area contributed by atoms with Crippen molar-refractivity contribution in [2.45, 2.75) is 38.6 Å². The van der Waals surface area contributed by atoms with Crippen LogP contribution in [0.3, 0.4) is 0 Å². The largest absolute Gasteiger partial charge is 0.404 e. The third-order valence-electron chi connectivity index (χ3n) is 4.01. The van der Waals surface area contributed by atoms with Crippen molar-refractivity contribution in [3.8, 4) is 0 Å². The summed E-state index contributed by atoms with van der Waals surface area (Å²) in [5.41, 5.74) is 18.1. The molecular weight excluding hydrogens is 266 g/mol. The second kappa shape index (κ2) is 6.47. The number of nitrogens with zero attached hydrogens (tertiary/aromatic N) is 1. The maximum Gasteiger partial charge on any atom is 0.252 e. The van der Waals surface area contributed by atoms with Crippen LogP contribution in [0.2, 0.25) is 0 Å². The average molecular weight is 289 g/mol.